The van der Waals surface area contributed by atoms with Gasteiger partial charge in [-0.2, -0.15) is 0 Å². The van der Waals surface area contributed by atoms with E-state index in [2.05, 4.69) is 5.32 Å². The molecule has 0 atom stereocenters. The molecule has 2 aromatic carbocycles. The van der Waals surface area contributed by atoms with E-state index in [1.165, 1.54) is 16.2 Å². The number of amides is 2. The third-order valence-corrected chi connectivity index (χ3v) is 4.54. The van der Waals surface area contributed by atoms with Gasteiger partial charge in [-0.15, -0.1) is 11.3 Å². The molecule has 0 aliphatic heterocycles. The zero-order valence-electron chi connectivity index (χ0n) is 12.9. The molecule has 0 aliphatic rings. The quantitative estimate of drug-likeness (QED) is 0.795. The number of hydrogen-bond donors (Lipinski definition) is 1. The van der Waals surface area contributed by atoms with Crippen molar-refractivity contribution in [3.05, 3.63) is 65.0 Å². The van der Waals surface area contributed by atoms with E-state index < -0.39 is 0 Å². The van der Waals surface area contributed by atoms with E-state index in [9.17, 15) is 9.59 Å². The Labute approximate surface area is 138 Å². The van der Waals surface area contributed by atoms with Crippen molar-refractivity contribution >= 4 is 38.9 Å². The van der Waals surface area contributed by atoms with E-state index >= 15 is 0 Å². The lowest BCUT2D eigenvalue weighted by molar-refractivity contribution is 0.0827. The summed E-state index contributed by atoms with van der Waals surface area (Å²) in [6.45, 7) is 0. The lowest BCUT2D eigenvalue weighted by Gasteiger charge is -2.11. The van der Waals surface area contributed by atoms with E-state index in [0.717, 1.165) is 10.1 Å². The van der Waals surface area contributed by atoms with Crippen LogP contribution in [0.5, 0.6) is 0 Å². The zero-order chi connectivity index (χ0) is 16.4. The van der Waals surface area contributed by atoms with Crippen molar-refractivity contribution in [3.63, 3.8) is 0 Å². The summed E-state index contributed by atoms with van der Waals surface area (Å²) in [7, 11) is 3.40. The van der Waals surface area contributed by atoms with Gasteiger partial charge in [0, 0.05) is 30.0 Å². The van der Waals surface area contributed by atoms with Gasteiger partial charge in [-0.05, 0) is 35.7 Å². The molecule has 4 nitrogen and oxygen atoms in total. The van der Waals surface area contributed by atoms with Crippen molar-refractivity contribution in [2.45, 2.75) is 0 Å². The summed E-state index contributed by atoms with van der Waals surface area (Å²) in [5, 5.41) is 3.91. The molecule has 0 unspecified atom stereocenters. The summed E-state index contributed by atoms with van der Waals surface area (Å²) >= 11 is 1.45. The first-order valence-electron chi connectivity index (χ1n) is 7.16. The Balaban J connectivity index is 1.82. The van der Waals surface area contributed by atoms with Gasteiger partial charge in [-0.1, -0.05) is 24.3 Å². The van der Waals surface area contributed by atoms with Crippen molar-refractivity contribution in [1.29, 1.82) is 0 Å². The molecular weight excluding hydrogens is 308 g/mol. The molecule has 1 aromatic heterocycles. The fourth-order valence-electron chi connectivity index (χ4n) is 2.27. The molecule has 5 heteroatoms. The Morgan fingerprint density at radius 3 is 2.52 bits per heavy atom. The summed E-state index contributed by atoms with van der Waals surface area (Å²) in [5.41, 5.74) is 1.16. The number of thiophene rings is 1. The molecule has 3 aromatic rings. The number of fused-ring (bicyclic) bond motifs is 1. The van der Waals surface area contributed by atoms with Crippen molar-refractivity contribution in [1.82, 2.24) is 4.90 Å². The van der Waals surface area contributed by atoms with Crippen molar-refractivity contribution in [2.24, 2.45) is 0 Å². The summed E-state index contributed by atoms with van der Waals surface area (Å²) in [4.78, 5) is 26.5. The van der Waals surface area contributed by atoms with Crippen LogP contribution in [0, 0.1) is 0 Å². The molecule has 0 aliphatic carbocycles. The first-order valence-corrected chi connectivity index (χ1v) is 7.98. The fraction of sp³-hybridized carbons (Fsp3) is 0.111. The van der Waals surface area contributed by atoms with Crippen molar-refractivity contribution in [3.8, 4) is 0 Å². The molecule has 0 radical (unpaired) electrons. The Bertz CT molecular complexity index is 850. The van der Waals surface area contributed by atoms with Gasteiger partial charge in [0.1, 0.15) is 0 Å². The van der Waals surface area contributed by atoms with Crippen LogP contribution in [0.15, 0.2) is 54.6 Å². The molecule has 1 N–H and O–H groups in total. The molecule has 0 saturated carbocycles. The second-order valence-electron chi connectivity index (χ2n) is 5.38. The van der Waals surface area contributed by atoms with Gasteiger partial charge in [0.15, 0.2) is 0 Å². The van der Waals surface area contributed by atoms with Crippen LogP contribution in [0.1, 0.15) is 20.0 Å². The minimum atomic E-state index is -0.166. The van der Waals surface area contributed by atoms with Crippen LogP contribution >= 0.6 is 11.3 Å². The maximum Gasteiger partial charge on any atom is 0.265 e. The first-order chi connectivity index (χ1) is 11.0. The number of benzene rings is 2. The zero-order valence-corrected chi connectivity index (χ0v) is 13.7. The highest BCUT2D eigenvalue weighted by atomic mass is 32.1. The highest BCUT2D eigenvalue weighted by molar-refractivity contribution is 7.20. The van der Waals surface area contributed by atoms with Gasteiger partial charge in [-0.3, -0.25) is 9.59 Å². The second-order valence-corrected chi connectivity index (χ2v) is 6.47. The molecule has 2 amide bonds. The van der Waals surface area contributed by atoms with Crippen LogP contribution in [-0.2, 0) is 0 Å². The number of carbonyl (C=O) groups excluding carboxylic acids is 2. The average Bonchev–Trinajstić information content (AvgIpc) is 2.98. The van der Waals surface area contributed by atoms with Gasteiger partial charge >= 0.3 is 0 Å². The van der Waals surface area contributed by atoms with E-state index in [0.29, 0.717) is 16.1 Å². The van der Waals surface area contributed by atoms with Crippen LogP contribution < -0.4 is 5.32 Å². The second kappa shape index (κ2) is 6.22. The normalized spacial score (nSPS) is 10.5. The van der Waals surface area contributed by atoms with Crippen molar-refractivity contribution < 1.29 is 9.59 Å². The highest BCUT2D eigenvalue weighted by Gasteiger charge is 2.12. The molecule has 0 spiro atoms. The fourth-order valence-corrected chi connectivity index (χ4v) is 3.23. The third kappa shape index (κ3) is 3.24. The maximum atomic E-state index is 12.4. The van der Waals surface area contributed by atoms with Crippen LogP contribution in [-0.4, -0.2) is 30.8 Å². The van der Waals surface area contributed by atoms with Crippen molar-refractivity contribution in [2.75, 3.05) is 19.4 Å². The highest BCUT2D eigenvalue weighted by Crippen LogP contribution is 2.26. The lowest BCUT2D eigenvalue weighted by Crippen LogP contribution is -2.21. The summed E-state index contributed by atoms with van der Waals surface area (Å²) in [6.07, 6.45) is 0. The number of rotatable bonds is 3. The number of hydrogen-bond acceptors (Lipinski definition) is 3. The number of nitrogens with zero attached hydrogens (tertiary/aromatic N) is 1. The van der Waals surface area contributed by atoms with Gasteiger partial charge in [0.2, 0.25) is 0 Å². The van der Waals surface area contributed by atoms with E-state index in [1.54, 1.807) is 38.4 Å². The van der Waals surface area contributed by atoms with Gasteiger partial charge in [-0.25, -0.2) is 0 Å². The average molecular weight is 324 g/mol. The monoisotopic (exact) mass is 324 g/mol. The lowest BCUT2D eigenvalue weighted by atomic mass is 10.2. The van der Waals surface area contributed by atoms with E-state index in [1.807, 2.05) is 30.3 Å². The molecule has 0 bridgehead atoms. The molecule has 116 valence electrons. The predicted octanol–water partition coefficient (Wildman–Crippen LogP) is 3.86. The third-order valence-electron chi connectivity index (χ3n) is 3.42. The summed E-state index contributed by atoms with van der Waals surface area (Å²) < 4.78 is 1.08. The molecule has 0 fully saturated rings. The Kier molecular flexibility index (Phi) is 4.12. The molecular formula is C18H16N2O2S. The molecule has 1 heterocycles. The Hall–Kier alpha value is -2.66. The maximum absolute atomic E-state index is 12.4. The van der Waals surface area contributed by atoms with Gasteiger partial charge in [0.05, 0.1) is 4.88 Å². The van der Waals surface area contributed by atoms with Crippen LogP contribution in [0.25, 0.3) is 10.1 Å². The molecule has 3 rings (SSSR count). The first kappa shape index (κ1) is 15.2. The Morgan fingerprint density at radius 1 is 1.00 bits per heavy atom. The SMILES string of the molecule is CN(C)C(=O)c1cccc(NC(=O)c2cc3ccccc3s2)c1. The van der Waals surface area contributed by atoms with E-state index in [4.69, 9.17) is 0 Å². The largest absolute Gasteiger partial charge is 0.345 e. The predicted molar refractivity (Wildman–Crippen MR) is 94.2 cm³/mol. The minimum absolute atomic E-state index is 0.0945. The Morgan fingerprint density at radius 2 is 1.78 bits per heavy atom. The molecule has 0 saturated heterocycles. The number of nitrogens with one attached hydrogen (secondary N) is 1. The van der Waals surface area contributed by atoms with Crippen LogP contribution in [0.2, 0.25) is 0 Å². The van der Waals surface area contributed by atoms with Gasteiger partial charge in [0.25, 0.3) is 11.8 Å². The van der Waals surface area contributed by atoms with Gasteiger partial charge < -0.3 is 10.2 Å². The molecule has 23 heavy (non-hydrogen) atoms. The smallest absolute Gasteiger partial charge is 0.265 e. The standard InChI is InChI=1S/C18H16N2O2S/c1-20(2)18(22)13-7-5-8-14(10-13)19-17(21)16-11-12-6-3-4-9-15(12)23-16/h3-11H,1-2H3,(H,19,21). The van der Waals surface area contributed by atoms with Crippen LogP contribution in [0.3, 0.4) is 0 Å². The number of anilines is 1. The number of carbonyl (C=O) groups is 2. The summed E-state index contributed by atoms with van der Waals surface area (Å²) in [5.74, 6) is -0.261. The summed E-state index contributed by atoms with van der Waals surface area (Å²) in [6, 6.07) is 16.7. The topological polar surface area (TPSA) is 49.4 Å². The van der Waals surface area contributed by atoms with Crippen LogP contribution in [0.4, 0.5) is 5.69 Å². The van der Waals surface area contributed by atoms with E-state index in [-0.39, 0.29) is 11.8 Å². The minimum Gasteiger partial charge on any atom is -0.345 e.